The maximum atomic E-state index is 13.1. The molecular formula is C19H20N4O2S. The van der Waals surface area contributed by atoms with Crippen LogP contribution in [0.5, 0.6) is 5.75 Å². The van der Waals surface area contributed by atoms with Crippen LogP contribution in [0.2, 0.25) is 0 Å². The summed E-state index contributed by atoms with van der Waals surface area (Å²) in [6.45, 7) is 5.01. The zero-order chi connectivity index (χ0) is 18.3. The Morgan fingerprint density at radius 1 is 1.31 bits per heavy atom. The van der Waals surface area contributed by atoms with E-state index in [4.69, 9.17) is 4.74 Å². The van der Waals surface area contributed by atoms with E-state index in [1.165, 1.54) is 11.3 Å². The summed E-state index contributed by atoms with van der Waals surface area (Å²) in [5, 5.41) is 6.78. The van der Waals surface area contributed by atoms with E-state index >= 15 is 0 Å². The lowest BCUT2D eigenvalue weighted by Crippen LogP contribution is -2.43. The van der Waals surface area contributed by atoms with Gasteiger partial charge in [-0.2, -0.15) is 5.10 Å². The molecule has 0 atom stereocenters. The second-order valence-corrected chi connectivity index (χ2v) is 7.93. The van der Waals surface area contributed by atoms with Gasteiger partial charge in [-0.3, -0.25) is 9.48 Å². The number of amides is 1. The van der Waals surface area contributed by atoms with Gasteiger partial charge in [0.2, 0.25) is 0 Å². The summed E-state index contributed by atoms with van der Waals surface area (Å²) in [4.78, 5) is 19.4. The van der Waals surface area contributed by atoms with Gasteiger partial charge in [0, 0.05) is 36.3 Å². The number of aryl methyl sites for hydroxylation is 1. The fourth-order valence-electron chi connectivity index (χ4n) is 3.13. The molecule has 1 amide bonds. The number of rotatable bonds is 2. The molecule has 1 aliphatic rings. The van der Waals surface area contributed by atoms with Gasteiger partial charge in [-0.15, -0.1) is 11.3 Å². The van der Waals surface area contributed by atoms with Crippen LogP contribution >= 0.6 is 11.3 Å². The fraction of sp³-hybridized carbons (Fsp3) is 0.316. The first-order valence-corrected chi connectivity index (χ1v) is 9.30. The second-order valence-electron chi connectivity index (χ2n) is 7.07. The molecule has 4 rings (SSSR count). The molecule has 0 unspecified atom stereocenters. The first kappa shape index (κ1) is 16.8. The molecule has 0 fully saturated rings. The first-order chi connectivity index (χ1) is 12.4. The number of hydrogen-bond acceptors (Lipinski definition) is 5. The minimum absolute atomic E-state index is 0.0789. The molecule has 3 aromatic rings. The molecule has 0 aliphatic carbocycles. The van der Waals surface area contributed by atoms with Crippen molar-refractivity contribution >= 4 is 17.2 Å². The minimum atomic E-state index is -0.468. The van der Waals surface area contributed by atoms with E-state index in [1.54, 1.807) is 10.9 Å². The van der Waals surface area contributed by atoms with Gasteiger partial charge >= 0.3 is 0 Å². The van der Waals surface area contributed by atoms with Crippen LogP contribution in [0.4, 0.5) is 0 Å². The molecule has 2 aromatic heterocycles. The van der Waals surface area contributed by atoms with Crippen molar-refractivity contribution in [1.29, 1.82) is 0 Å². The lowest BCUT2D eigenvalue weighted by molar-refractivity contribution is 0.0497. The van der Waals surface area contributed by atoms with Gasteiger partial charge in [0.05, 0.1) is 12.7 Å². The van der Waals surface area contributed by atoms with Gasteiger partial charge in [0.25, 0.3) is 5.91 Å². The number of benzene rings is 1. The van der Waals surface area contributed by atoms with Crippen LogP contribution in [0.25, 0.3) is 10.6 Å². The third-order valence-corrected chi connectivity index (χ3v) is 5.15. The molecule has 1 aliphatic heterocycles. The van der Waals surface area contributed by atoms with E-state index in [-0.39, 0.29) is 5.91 Å². The lowest BCUT2D eigenvalue weighted by Gasteiger charge is -2.29. The molecule has 0 bridgehead atoms. The van der Waals surface area contributed by atoms with Gasteiger partial charge < -0.3 is 9.64 Å². The molecule has 0 spiro atoms. The Hall–Kier alpha value is -2.67. The van der Waals surface area contributed by atoms with Crippen LogP contribution in [0.1, 0.15) is 29.9 Å². The van der Waals surface area contributed by atoms with Crippen LogP contribution in [0.3, 0.4) is 0 Å². The van der Waals surface area contributed by atoms with Gasteiger partial charge in [0.15, 0.2) is 0 Å². The third kappa shape index (κ3) is 3.22. The summed E-state index contributed by atoms with van der Waals surface area (Å²) < 4.78 is 7.84. The average Bonchev–Trinajstić information content (AvgIpc) is 3.20. The Balaban J connectivity index is 1.62. The van der Waals surface area contributed by atoms with Crippen molar-refractivity contribution in [3.63, 3.8) is 0 Å². The molecule has 0 saturated heterocycles. The van der Waals surface area contributed by atoms with Crippen molar-refractivity contribution in [3.8, 4) is 16.3 Å². The summed E-state index contributed by atoms with van der Waals surface area (Å²) in [6, 6.07) is 7.87. The normalized spacial score (nSPS) is 15.9. The van der Waals surface area contributed by atoms with Crippen LogP contribution in [-0.4, -0.2) is 37.7 Å². The SMILES string of the molecule is Cn1cc(-c2nc(C(=O)N3Cc4ccccc4OC(C)(C)C3)cs2)cn1. The number of carbonyl (C=O) groups is 1. The maximum absolute atomic E-state index is 13.1. The van der Waals surface area contributed by atoms with Crippen LogP contribution in [-0.2, 0) is 13.6 Å². The molecule has 1 aromatic carbocycles. The third-order valence-electron chi connectivity index (χ3n) is 4.25. The summed E-state index contributed by atoms with van der Waals surface area (Å²) >= 11 is 1.46. The molecule has 0 saturated carbocycles. The molecule has 3 heterocycles. The highest BCUT2D eigenvalue weighted by atomic mass is 32.1. The van der Waals surface area contributed by atoms with E-state index in [0.717, 1.165) is 21.9 Å². The number of ether oxygens (including phenoxy) is 1. The van der Waals surface area contributed by atoms with Gasteiger partial charge in [-0.05, 0) is 19.9 Å². The van der Waals surface area contributed by atoms with Crippen molar-refractivity contribution in [2.24, 2.45) is 7.05 Å². The van der Waals surface area contributed by atoms with Gasteiger partial charge in [-0.25, -0.2) is 4.98 Å². The zero-order valence-electron chi connectivity index (χ0n) is 15.0. The Morgan fingerprint density at radius 3 is 2.88 bits per heavy atom. The summed E-state index contributed by atoms with van der Waals surface area (Å²) in [5.74, 6) is 0.756. The number of hydrogen-bond donors (Lipinski definition) is 0. The standard InChI is InChI=1S/C19H20N4O2S/c1-19(2)12-23(10-13-6-4-5-7-16(13)25-19)18(24)15-11-26-17(21-15)14-8-20-22(3)9-14/h4-9,11H,10,12H2,1-3H3. The Kier molecular flexibility index (Phi) is 4.03. The summed E-state index contributed by atoms with van der Waals surface area (Å²) in [7, 11) is 1.86. The summed E-state index contributed by atoms with van der Waals surface area (Å²) in [5.41, 5.74) is 1.92. The Morgan fingerprint density at radius 2 is 2.12 bits per heavy atom. The predicted molar refractivity (Wildman–Crippen MR) is 100 cm³/mol. The molecule has 134 valence electrons. The number of carbonyl (C=O) groups excluding carboxylic acids is 1. The Bertz CT molecular complexity index is 960. The Labute approximate surface area is 156 Å². The minimum Gasteiger partial charge on any atom is -0.486 e. The van der Waals surface area contributed by atoms with E-state index in [2.05, 4.69) is 10.1 Å². The van der Waals surface area contributed by atoms with E-state index in [1.807, 2.05) is 61.6 Å². The highest BCUT2D eigenvalue weighted by molar-refractivity contribution is 7.13. The molecular weight excluding hydrogens is 348 g/mol. The topological polar surface area (TPSA) is 60.2 Å². The van der Waals surface area contributed by atoms with Crippen molar-refractivity contribution < 1.29 is 9.53 Å². The first-order valence-electron chi connectivity index (χ1n) is 8.42. The molecule has 7 heteroatoms. The van der Waals surface area contributed by atoms with Crippen LogP contribution in [0.15, 0.2) is 42.0 Å². The van der Waals surface area contributed by atoms with Crippen molar-refractivity contribution in [1.82, 2.24) is 19.7 Å². The predicted octanol–water partition coefficient (Wildman–Crippen LogP) is 3.36. The number of thiazole rings is 1. The lowest BCUT2D eigenvalue weighted by atomic mass is 10.1. The highest BCUT2D eigenvalue weighted by Gasteiger charge is 2.32. The van der Waals surface area contributed by atoms with E-state index < -0.39 is 5.60 Å². The molecule has 0 radical (unpaired) electrons. The van der Waals surface area contributed by atoms with Crippen LogP contribution < -0.4 is 4.74 Å². The average molecular weight is 368 g/mol. The monoisotopic (exact) mass is 368 g/mol. The number of aromatic nitrogens is 3. The fourth-order valence-corrected chi connectivity index (χ4v) is 3.90. The molecule has 26 heavy (non-hydrogen) atoms. The van der Waals surface area contributed by atoms with Gasteiger partial charge in [-0.1, -0.05) is 18.2 Å². The molecule has 0 N–H and O–H groups in total. The zero-order valence-corrected chi connectivity index (χ0v) is 15.8. The van der Waals surface area contributed by atoms with Gasteiger partial charge in [0.1, 0.15) is 22.1 Å². The largest absolute Gasteiger partial charge is 0.486 e. The molecule has 6 nitrogen and oxygen atoms in total. The maximum Gasteiger partial charge on any atom is 0.273 e. The number of fused-ring (bicyclic) bond motifs is 1. The van der Waals surface area contributed by atoms with Crippen molar-refractivity contribution in [2.45, 2.75) is 26.0 Å². The number of para-hydroxylation sites is 1. The van der Waals surface area contributed by atoms with E-state index in [9.17, 15) is 4.79 Å². The summed E-state index contributed by atoms with van der Waals surface area (Å²) in [6.07, 6.45) is 3.65. The second kappa shape index (κ2) is 6.25. The number of nitrogens with zero attached hydrogens (tertiary/aromatic N) is 4. The smallest absolute Gasteiger partial charge is 0.273 e. The van der Waals surface area contributed by atoms with E-state index in [0.29, 0.717) is 18.8 Å². The quantitative estimate of drug-likeness (QED) is 0.696. The van der Waals surface area contributed by atoms with Crippen molar-refractivity contribution in [3.05, 3.63) is 53.3 Å². The highest BCUT2D eigenvalue weighted by Crippen LogP contribution is 2.30. The van der Waals surface area contributed by atoms with Crippen LogP contribution in [0, 0.1) is 0 Å². The van der Waals surface area contributed by atoms with Crippen molar-refractivity contribution in [2.75, 3.05) is 6.54 Å².